The van der Waals surface area contributed by atoms with Crippen LogP contribution in [0.5, 0.6) is 0 Å². The van der Waals surface area contributed by atoms with Gasteiger partial charge < -0.3 is 5.32 Å². The van der Waals surface area contributed by atoms with Crippen molar-refractivity contribution in [2.45, 2.75) is 50.5 Å². The van der Waals surface area contributed by atoms with Gasteiger partial charge in [0.2, 0.25) is 0 Å². The minimum atomic E-state index is -0.950. The summed E-state index contributed by atoms with van der Waals surface area (Å²) in [4.78, 5) is 37.8. The second-order valence-electron chi connectivity index (χ2n) is 10.3. The molecule has 1 aliphatic heterocycles. The van der Waals surface area contributed by atoms with Crippen molar-refractivity contribution in [1.29, 1.82) is 5.26 Å². The first kappa shape index (κ1) is 25.3. The number of nitrogens with zero attached hydrogens (tertiary/aromatic N) is 4. The highest BCUT2D eigenvalue weighted by Gasteiger charge is 2.49. The molecule has 0 atom stereocenters. The normalized spacial score (nSPS) is 18.2. The topological polar surface area (TPSA) is 99.0 Å². The molecule has 1 saturated carbocycles. The molecule has 2 fully saturated rings. The lowest BCUT2D eigenvalue weighted by Crippen LogP contribution is -2.51. The van der Waals surface area contributed by atoms with E-state index in [2.05, 4.69) is 21.4 Å². The van der Waals surface area contributed by atoms with Gasteiger partial charge in [-0.15, -0.1) is 0 Å². The number of allylic oxidation sites excluding steroid dienone is 1. The van der Waals surface area contributed by atoms with Gasteiger partial charge in [0.25, 0.3) is 5.91 Å². The van der Waals surface area contributed by atoms with Crippen LogP contribution in [0.3, 0.4) is 0 Å². The molecule has 192 valence electrons. The second-order valence-corrected chi connectivity index (χ2v) is 10.3. The average Bonchev–Trinajstić information content (AvgIpc) is 3.19. The third-order valence-electron chi connectivity index (χ3n) is 7.56. The summed E-state index contributed by atoms with van der Waals surface area (Å²) >= 11 is 0. The SMILES string of the molecule is N#Cc1ccc(C(=O)/C=C2\NC(Cc3ccncc3)(Cc3ccncc3)C(=O)N2CC2CCCCC2)cc1. The molecule has 1 N–H and O–H groups in total. The maximum absolute atomic E-state index is 14.4. The molecule has 38 heavy (non-hydrogen) atoms. The van der Waals surface area contributed by atoms with Gasteiger partial charge in [-0.2, -0.15) is 5.26 Å². The number of pyridine rings is 2. The molecule has 0 radical (unpaired) electrons. The summed E-state index contributed by atoms with van der Waals surface area (Å²) in [5, 5.41) is 12.6. The Kier molecular flexibility index (Phi) is 7.60. The monoisotopic (exact) mass is 505 g/mol. The lowest BCUT2D eigenvalue weighted by molar-refractivity contribution is -0.132. The maximum atomic E-state index is 14.4. The van der Waals surface area contributed by atoms with Crippen LogP contribution in [0, 0.1) is 17.2 Å². The van der Waals surface area contributed by atoms with Crippen molar-refractivity contribution in [3.63, 3.8) is 0 Å². The Hall–Kier alpha value is -4.31. The van der Waals surface area contributed by atoms with Crippen molar-refractivity contribution in [2.24, 2.45) is 5.92 Å². The first-order chi connectivity index (χ1) is 18.6. The third-order valence-corrected chi connectivity index (χ3v) is 7.56. The third kappa shape index (κ3) is 5.65. The van der Waals surface area contributed by atoms with E-state index >= 15 is 0 Å². The van der Waals surface area contributed by atoms with Crippen LogP contribution < -0.4 is 5.32 Å². The molecule has 0 unspecified atom stereocenters. The Morgan fingerprint density at radius 2 is 1.53 bits per heavy atom. The van der Waals surface area contributed by atoms with Gasteiger partial charge in [0, 0.05) is 55.8 Å². The molecule has 3 aromatic rings. The zero-order valence-electron chi connectivity index (χ0n) is 21.3. The zero-order chi connectivity index (χ0) is 26.4. The van der Waals surface area contributed by atoms with Crippen molar-refractivity contribution >= 4 is 11.7 Å². The van der Waals surface area contributed by atoms with Gasteiger partial charge in [0.15, 0.2) is 5.78 Å². The van der Waals surface area contributed by atoms with Crippen LogP contribution in [0.25, 0.3) is 0 Å². The number of rotatable bonds is 8. The highest BCUT2D eigenvalue weighted by Crippen LogP contribution is 2.34. The van der Waals surface area contributed by atoms with Crippen molar-refractivity contribution in [1.82, 2.24) is 20.2 Å². The van der Waals surface area contributed by atoms with Gasteiger partial charge in [-0.05, 0) is 78.4 Å². The van der Waals surface area contributed by atoms with E-state index in [1.807, 2.05) is 24.3 Å². The van der Waals surface area contributed by atoms with E-state index in [9.17, 15) is 9.59 Å². The number of nitriles is 1. The maximum Gasteiger partial charge on any atom is 0.254 e. The van der Waals surface area contributed by atoms with Crippen LogP contribution in [0.15, 0.2) is 85.2 Å². The van der Waals surface area contributed by atoms with E-state index in [1.54, 1.807) is 60.0 Å². The van der Waals surface area contributed by atoms with Crippen LogP contribution in [-0.2, 0) is 17.6 Å². The smallest absolute Gasteiger partial charge is 0.254 e. The van der Waals surface area contributed by atoms with E-state index < -0.39 is 5.54 Å². The van der Waals surface area contributed by atoms with Crippen molar-refractivity contribution < 1.29 is 9.59 Å². The Labute approximate surface area is 223 Å². The van der Waals surface area contributed by atoms with Crippen molar-refractivity contribution in [2.75, 3.05) is 6.54 Å². The van der Waals surface area contributed by atoms with Crippen molar-refractivity contribution in [3.05, 3.63) is 107 Å². The molecule has 1 aliphatic carbocycles. The molecule has 7 nitrogen and oxygen atoms in total. The lowest BCUT2D eigenvalue weighted by Gasteiger charge is -2.29. The van der Waals surface area contributed by atoms with E-state index in [0.29, 0.717) is 42.3 Å². The minimum absolute atomic E-state index is 0.0180. The van der Waals surface area contributed by atoms with Gasteiger partial charge in [-0.25, -0.2) is 0 Å². The molecule has 3 heterocycles. The number of hydrogen-bond donors (Lipinski definition) is 1. The van der Waals surface area contributed by atoms with Crippen LogP contribution >= 0.6 is 0 Å². The number of amides is 1. The molecule has 5 rings (SSSR count). The van der Waals surface area contributed by atoms with E-state index in [4.69, 9.17) is 5.26 Å². The lowest BCUT2D eigenvalue weighted by atomic mass is 9.84. The fraction of sp³-hybridized carbons (Fsp3) is 0.323. The number of carbonyl (C=O) groups excluding carboxylic acids is 2. The number of nitrogens with one attached hydrogen (secondary N) is 1. The molecule has 2 aliphatic rings. The molecular weight excluding hydrogens is 474 g/mol. The quantitative estimate of drug-likeness (QED) is 0.355. The molecule has 7 heteroatoms. The summed E-state index contributed by atoms with van der Waals surface area (Å²) in [6.45, 7) is 0.590. The largest absolute Gasteiger partial charge is 0.357 e. The highest BCUT2D eigenvalue weighted by molar-refractivity contribution is 6.06. The molecule has 1 amide bonds. The molecule has 1 aromatic carbocycles. The van der Waals surface area contributed by atoms with Gasteiger partial charge in [0.1, 0.15) is 11.4 Å². The molecule has 0 spiro atoms. The summed E-state index contributed by atoms with van der Waals surface area (Å²) < 4.78 is 0. The number of aromatic nitrogens is 2. The van der Waals surface area contributed by atoms with Crippen molar-refractivity contribution in [3.8, 4) is 6.07 Å². The van der Waals surface area contributed by atoms with E-state index in [1.165, 1.54) is 19.3 Å². The summed E-state index contributed by atoms with van der Waals surface area (Å²) in [7, 11) is 0. The fourth-order valence-electron chi connectivity index (χ4n) is 5.57. The average molecular weight is 506 g/mol. The van der Waals surface area contributed by atoms with Gasteiger partial charge in [-0.3, -0.25) is 24.5 Å². The van der Waals surface area contributed by atoms with Crippen LogP contribution in [0.1, 0.15) is 59.2 Å². The molecule has 0 bridgehead atoms. The van der Waals surface area contributed by atoms with Crippen LogP contribution in [-0.4, -0.2) is 38.6 Å². The molecular formula is C31H31N5O2. The van der Waals surface area contributed by atoms with Gasteiger partial charge >= 0.3 is 0 Å². The Morgan fingerprint density at radius 3 is 2.08 bits per heavy atom. The zero-order valence-corrected chi connectivity index (χ0v) is 21.3. The standard InChI is InChI=1S/C31H31N5O2/c32-21-25-6-8-27(9-7-25)28(37)18-29-35-31(19-23-10-14-33-15-11-23,20-24-12-16-34-17-13-24)30(38)36(29)22-26-4-2-1-3-5-26/h6-18,26,35H,1-5,19-20,22H2/b29-18+. The van der Waals surface area contributed by atoms with Gasteiger partial charge in [0.05, 0.1) is 11.6 Å². The predicted molar refractivity (Wildman–Crippen MR) is 144 cm³/mol. The Balaban J connectivity index is 1.53. The summed E-state index contributed by atoms with van der Waals surface area (Å²) in [5.74, 6) is 0.719. The first-order valence-electron chi connectivity index (χ1n) is 13.2. The molecule has 1 saturated heterocycles. The van der Waals surface area contributed by atoms with E-state index in [0.717, 1.165) is 24.0 Å². The first-order valence-corrected chi connectivity index (χ1v) is 13.2. The number of ketones is 1. The van der Waals surface area contributed by atoms with Crippen LogP contribution in [0.4, 0.5) is 0 Å². The Bertz CT molecular complexity index is 1300. The number of carbonyl (C=O) groups is 2. The summed E-state index contributed by atoms with van der Waals surface area (Å²) in [6, 6.07) is 16.4. The van der Waals surface area contributed by atoms with Gasteiger partial charge in [-0.1, -0.05) is 19.3 Å². The highest BCUT2D eigenvalue weighted by atomic mass is 16.2. The fourth-order valence-corrected chi connectivity index (χ4v) is 5.57. The minimum Gasteiger partial charge on any atom is -0.357 e. The summed E-state index contributed by atoms with van der Waals surface area (Å²) in [6.07, 6.45) is 15.1. The second kappa shape index (κ2) is 11.4. The predicted octanol–water partition coefficient (Wildman–Crippen LogP) is 4.61. The Morgan fingerprint density at radius 1 is 0.947 bits per heavy atom. The number of hydrogen-bond acceptors (Lipinski definition) is 6. The number of benzene rings is 1. The molecule has 2 aromatic heterocycles. The van der Waals surface area contributed by atoms with Crippen LogP contribution in [0.2, 0.25) is 0 Å². The van der Waals surface area contributed by atoms with E-state index in [-0.39, 0.29) is 11.7 Å². The summed E-state index contributed by atoms with van der Waals surface area (Å²) in [5.41, 5.74) is 2.01.